The van der Waals surface area contributed by atoms with Gasteiger partial charge in [0, 0.05) is 5.56 Å². The molecule has 29 heavy (non-hydrogen) atoms. The second-order valence-electron chi connectivity index (χ2n) is 7.20. The molecule has 6 rings (SSSR count). The van der Waals surface area contributed by atoms with E-state index in [1.54, 1.807) is 6.92 Å². The van der Waals surface area contributed by atoms with E-state index in [0.29, 0.717) is 34.1 Å². The Labute approximate surface area is 164 Å². The zero-order chi connectivity index (χ0) is 19.9. The van der Waals surface area contributed by atoms with E-state index in [1.807, 2.05) is 31.2 Å². The minimum Gasteiger partial charge on any atom is -0.454 e. The number of ether oxygens (including phenoxy) is 5. The van der Waals surface area contributed by atoms with Crippen LogP contribution >= 0.6 is 0 Å². The molecule has 0 aliphatic carbocycles. The minimum atomic E-state index is -0.653. The molecule has 0 spiro atoms. The summed E-state index contributed by atoms with van der Waals surface area (Å²) in [6, 6.07) is 7.39. The summed E-state index contributed by atoms with van der Waals surface area (Å²) >= 11 is 0. The molecule has 3 aliphatic rings. The molecule has 7 heteroatoms. The lowest BCUT2D eigenvalue weighted by atomic mass is 9.85. The summed E-state index contributed by atoms with van der Waals surface area (Å²) in [5, 5.41) is 1.57. The molecule has 0 fully saturated rings. The van der Waals surface area contributed by atoms with Crippen molar-refractivity contribution < 1.29 is 33.3 Å². The van der Waals surface area contributed by atoms with E-state index >= 15 is 0 Å². The minimum absolute atomic E-state index is 0.129. The number of aryl methyl sites for hydroxylation is 2. The van der Waals surface area contributed by atoms with E-state index in [9.17, 15) is 9.59 Å². The van der Waals surface area contributed by atoms with Crippen LogP contribution in [0.4, 0.5) is 0 Å². The van der Waals surface area contributed by atoms with Crippen LogP contribution in [0.15, 0.2) is 24.3 Å². The van der Waals surface area contributed by atoms with Gasteiger partial charge in [0.15, 0.2) is 23.0 Å². The van der Waals surface area contributed by atoms with Gasteiger partial charge in [-0.05, 0) is 65.6 Å². The van der Waals surface area contributed by atoms with Gasteiger partial charge in [0.05, 0.1) is 11.1 Å². The van der Waals surface area contributed by atoms with Crippen molar-refractivity contribution in [3.63, 3.8) is 0 Å². The fourth-order valence-electron chi connectivity index (χ4n) is 4.28. The zero-order valence-electron chi connectivity index (χ0n) is 15.6. The van der Waals surface area contributed by atoms with Gasteiger partial charge in [-0.15, -0.1) is 0 Å². The van der Waals surface area contributed by atoms with Crippen molar-refractivity contribution in [1.29, 1.82) is 0 Å². The highest BCUT2D eigenvalue weighted by Gasteiger charge is 2.37. The molecule has 7 nitrogen and oxygen atoms in total. The molecule has 3 aromatic carbocycles. The lowest BCUT2D eigenvalue weighted by molar-refractivity contribution is 0.0444. The van der Waals surface area contributed by atoms with Gasteiger partial charge in [-0.2, -0.15) is 0 Å². The highest BCUT2D eigenvalue weighted by atomic mass is 16.7. The number of carbonyl (C=O) groups is 2. The van der Waals surface area contributed by atoms with Crippen molar-refractivity contribution in [3.8, 4) is 34.1 Å². The summed E-state index contributed by atoms with van der Waals surface area (Å²) in [4.78, 5) is 25.2. The Morgan fingerprint density at radius 2 is 1.21 bits per heavy atom. The van der Waals surface area contributed by atoms with Crippen LogP contribution in [0.3, 0.4) is 0 Å². The molecule has 0 saturated heterocycles. The Bertz CT molecular complexity index is 1290. The molecule has 0 radical (unpaired) electrons. The van der Waals surface area contributed by atoms with Crippen molar-refractivity contribution in [2.75, 3.05) is 13.6 Å². The molecule has 0 aromatic heterocycles. The van der Waals surface area contributed by atoms with E-state index in [4.69, 9.17) is 23.7 Å². The second-order valence-corrected chi connectivity index (χ2v) is 7.20. The molecule has 0 saturated carbocycles. The topological polar surface area (TPSA) is 80.3 Å². The quantitative estimate of drug-likeness (QED) is 0.461. The van der Waals surface area contributed by atoms with E-state index < -0.39 is 11.9 Å². The molecular formula is C22H14O7. The van der Waals surface area contributed by atoms with Gasteiger partial charge in [-0.25, -0.2) is 9.59 Å². The molecule has 0 unspecified atom stereocenters. The Hall–Kier alpha value is -3.74. The SMILES string of the molecule is Cc1cc2c(cc1-c1c3c(c(C)c4cc5c(cc14)OCO5)C(=O)OC3=O)OCO2. The van der Waals surface area contributed by atoms with E-state index in [2.05, 4.69) is 0 Å². The Morgan fingerprint density at radius 1 is 0.655 bits per heavy atom. The second kappa shape index (κ2) is 5.41. The monoisotopic (exact) mass is 390 g/mol. The average molecular weight is 390 g/mol. The maximum Gasteiger partial charge on any atom is 0.347 e. The van der Waals surface area contributed by atoms with Gasteiger partial charge in [0.25, 0.3) is 0 Å². The van der Waals surface area contributed by atoms with Crippen LogP contribution in [0.5, 0.6) is 23.0 Å². The summed E-state index contributed by atoms with van der Waals surface area (Å²) in [5.41, 5.74) is 3.48. The third-order valence-corrected chi connectivity index (χ3v) is 5.64. The molecule has 144 valence electrons. The largest absolute Gasteiger partial charge is 0.454 e. The van der Waals surface area contributed by atoms with Crippen molar-refractivity contribution in [3.05, 3.63) is 46.5 Å². The van der Waals surface area contributed by atoms with Gasteiger partial charge >= 0.3 is 11.9 Å². The highest BCUT2D eigenvalue weighted by molar-refractivity contribution is 6.24. The fraction of sp³-hybridized carbons (Fsp3) is 0.182. The summed E-state index contributed by atoms with van der Waals surface area (Å²) in [6.45, 7) is 4.00. The number of benzene rings is 3. The van der Waals surface area contributed by atoms with Gasteiger partial charge < -0.3 is 23.7 Å². The Morgan fingerprint density at radius 3 is 1.90 bits per heavy atom. The summed E-state index contributed by atoms with van der Waals surface area (Å²) < 4.78 is 27.1. The lowest BCUT2D eigenvalue weighted by Crippen LogP contribution is -2.02. The maximum atomic E-state index is 12.7. The van der Waals surface area contributed by atoms with Crippen LogP contribution in [-0.2, 0) is 4.74 Å². The Balaban J connectivity index is 1.79. The van der Waals surface area contributed by atoms with E-state index in [-0.39, 0.29) is 24.7 Å². The maximum absolute atomic E-state index is 12.7. The van der Waals surface area contributed by atoms with E-state index in [0.717, 1.165) is 21.9 Å². The third kappa shape index (κ3) is 2.07. The van der Waals surface area contributed by atoms with Gasteiger partial charge in [0.2, 0.25) is 13.6 Å². The van der Waals surface area contributed by atoms with Gasteiger partial charge in [-0.3, -0.25) is 0 Å². The number of rotatable bonds is 1. The van der Waals surface area contributed by atoms with Crippen LogP contribution < -0.4 is 18.9 Å². The van der Waals surface area contributed by atoms with Crippen molar-refractivity contribution in [2.45, 2.75) is 13.8 Å². The van der Waals surface area contributed by atoms with Crippen LogP contribution in [0.1, 0.15) is 31.8 Å². The molecular weight excluding hydrogens is 376 g/mol. The lowest BCUT2D eigenvalue weighted by Gasteiger charge is -2.16. The summed E-state index contributed by atoms with van der Waals surface area (Å²) in [6.07, 6.45) is 0. The molecule has 0 bridgehead atoms. The van der Waals surface area contributed by atoms with Crippen LogP contribution in [-0.4, -0.2) is 25.5 Å². The standard InChI is InChI=1S/C22H14O7/c1-9-3-14-15(26-7-25-14)4-11(9)19-13-6-17-16(27-8-28-17)5-12(13)10(2)18-20(19)22(24)29-21(18)23/h3-6H,7-8H2,1-2H3. The van der Waals surface area contributed by atoms with Crippen molar-refractivity contribution in [1.82, 2.24) is 0 Å². The number of fused-ring (bicyclic) bond motifs is 4. The molecule has 0 atom stereocenters. The molecule has 0 N–H and O–H groups in total. The van der Waals surface area contributed by atoms with Crippen LogP contribution in [0.2, 0.25) is 0 Å². The highest BCUT2D eigenvalue weighted by Crippen LogP contribution is 2.48. The number of cyclic esters (lactones) is 2. The summed E-state index contributed by atoms with van der Waals surface area (Å²) in [7, 11) is 0. The van der Waals surface area contributed by atoms with Gasteiger partial charge in [-0.1, -0.05) is 0 Å². The summed E-state index contributed by atoms with van der Waals surface area (Å²) in [5.74, 6) is 1.14. The first-order valence-corrected chi connectivity index (χ1v) is 9.10. The van der Waals surface area contributed by atoms with Crippen LogP contribution in [0.25, 0.3) is 21.9 Å². The van der Waals surface area contributed by atoms with Crippen molar-refractivity contribution in [2.24, 2.45) is 0 Å². The predicted molar refractivity (Wildman–Crippen MR) is 101 cm³/mol. The number of carbonyl (C=O) groups excluding carboxylic acids is 2. The normalized spacial score (nSPS) is 15.8. The van der Waals surface area contributed by atoms with Crippen molar-refractivity contribution >= 4 is 22.7 Å². The third-order valence-electron chi connectivity index (χ3n) is 5.64. The fourth-order valence-corrected chi connectivity index (χ4v) is 4.28. The van der Waals surface area contributed by atoms with E-state index in [1.165, 1.54) is 0 Å². The Kier molecular flexibility index (Phi) is 3.03. The van der Waals surface area contributed by atoms with Crippen LogP contribution in [0, 0.1) is 13.8 Å². The zero-order valence-corrected chi connectivity index (χ0v) is 15.6. The molecule has 0 amide bonds. The first kappa shape index (κ1) is 16.2. The first-order chi connectivity index (χ1) is 14.0. The number of hydrogen-bond donors (Lipinski definition) is 0. The first-order valence-electron chi connectivity index (χ1n) is 9.10. The average Bonchev–Trinajstić information content (AvgIpc) is 3.39. The van der Waals surface area contributed by atoms with Gasteiger partial charge in [0.1, 0.15) is 0 Å². The number of esters is 2. The molecule has 3 heterocycles. The smallest absolute Gasteiger partial charge is 0.347 e. The number of hydrogen-bond acceptors (Lipinski definition) is 7. The molecule has 3 aliphatic heterocycles. The molecule has 3 aromatic rings. The predicted octanol–water partition coefficient (Wildman–Crippen LogP) is 3.89.